The van der Waals surface area contributed by atoms with Gasteiger partial charge in [-0.3, -0.25) is 0 Å². The van der Waals surface area contributed by atoms with Crippen LogP contribution in [0.2, 0.25) is 0 Å². The molecule has 0 aromatic heterocycles. The third-order valence-corrected chi connectivity index (χ3v) is 9.92. The van der Waals surface area contributed by atoms with Crippen LogP contribution < -0.4 is 0 Å². The first-order valence-electron chi connectivity index (χ1n) is 11.7. The largest absolute Gasteiger partial charge is 0.390 e. The van der Waals surface area contributed by atoms with Crippen LogP contribution >= 0.6 is 0 Å². The Hall–Kier alpha value is -0.0800. The molecule has 4 rings (SSSR count). The van der Waals surface area contributed by atoms with E-state index in [4.69, 9.17) is 4.74 Å². The summed E-state index contributed by atoms with van der Waals surface area (Å²) in [5.74, 6) is 4.35. The number of hydrogen-bond donors (Lipinski definition) is 1. The van der Waals surface area contributed by atoms with Crippen LogP contribution in [0.1, 0.15) is 91.9 Å². The van der Waals surface area contributed by atoms with Crippen molar-refractivity contribution < 1.29 is 9.84 Å². The zero-order valence-electron chi connectivity index (χ0n) is 17.7. The van der Waals surface area contributed by atoms with Crippen LogP contribution in [0, 0.1) is 40.4 Å². The molecular weight excluding hydrogens is 320 g/mol. The molecular formula is C24H42O2. The second kappa shape index (κ2) is 6.76. The van der Waals surface area contributed by atoms with Gasteiger partial charge in [-0.05, 0) is 112 Å². The molecule has 0 saturated heterocycles. The molecule has 0 amide bonds. The number of aliphatic hydroxyl groups is 1. The molecule has 0 bridgehead atoms. The SMILES string of the molecule is CCOC[C@]12CCC(C)(O)C[C@@H]1CC[C@H]1[C@@H]3CC[C@H](CC)[C@@]3(C)CC[C@@H]12. The van der Waals surface area contributed by atoms with Crippen molar-refractivity contribution in [3.8, 4) is 0 Å². The van der Waals surface area contributed by atoms with Crippen LogP contribution in [0.15, 0.2) is 0 Å². The molecule has 26 heavy (non-hydrogen) atoms. The zero-order valence-corrected chi connectivity index (χ0v) is 17.7. The molecule has 0 aromatic carbocycles. The predicted molar refractivity (Wildman–Crippen MR) is 107 cm³/mol. The van der Waals surface area contributed by atoms with Gasteiger partial charge in [-0.2, -0.15) is 0 Å². The van der Waals surface area contributed by atoms with Crippen LogP contribution in [-0.2, 0) is 4.74 Å². The van der Waals surface area contributed by atoms with Gasteiger partial charge in [-0.25, -0.2) is 0 Å². The minimum absolute atomic E-state index is 0.354. The molecule has 4 aliphatic carbocycles. The Bertz CT molecular complexity index is 514. The molecule has 8 atom stereocenters. The monoisotopic (exact) mass is 362 g/mol. The summed E-state index contributed by atoms with van der Waals surface area (Å²) >= 11 is 0. The lowest BCUT2D eigenvalue weighted by molar-refractivity contribution is -0.177. The molecule has 0 aliphatic heterocycles. The maximum absolute atomic E-state index is 10.8. The average Bonchev–Trinajstić information content (AvgIpc) is 2.96. The van der Waals surface area contributed by atoms with Crippen LogP contribution in [-0.4, -0.2) is 23.9 Å². The van der Waals surface area contributed by atoms with Crippen molar-refractivity contribution in [3.63, 3.8) is 0 Å². The van der Waals surface area contributed by atoms with Gasteiger partial charge in [0.25, 0.3) is 0 Å². The maximum atomic E-state index is 10.8. The maximum Gasteiger partial charge on any atom is 0.0622 e. The molecule has 0 spiro atoms. The zero-order chi connectivity index (χ0) is 18.6. The first-order valence-corrected chi connectivity index (χ1v) is 11.7. The summed E-state index contributed by atoms with van der Waals surface area (Å²) in [5.41, 5.74) is 0.513. The Morgan fingerprint density at radius 1 is 0.923 bits per heavy atom. The summed E-state index contributed by atoms with van der Waals surface area (Å²) in [7, 11) is 0. The Morgan fingerprint density at radius 3 is 2.46 bits per heavy atom. The van der Waals surface area contributed by atoms with Gasteiger partial charge >= 0.3 is 0 Å². The molecule has 4 saturated carbocycles. The first-order chi connectivity index (χ1) is 12.4. The van der Waals surface area contributed by atoms with Gasteiger partial charge in [0.2, 0.25) is 0 Å². The molecule has 2 heteroatoms. The number of fused-ring (bicyclic) bond motifs is 5. The Balaban J connectivity index is 1.63. The van der Waals surface area contributed by atoms with Crippen LogP contribution in [0.5, 0.6) is 0 Å². The smallest absolute Gasteiger partial charge is 0.0622 e. The van der Waals surface area contributed by atoms with E-state index in [9.17, 15) is 5.11 Å². The fourth-order valence-corrected chi connectivity index (χ4v) is 8.59. The van der Waals surface area contributed by atoms with Crippen molar-refractivity contribution in [2.45, 2.75) is 97.5 Å². The molecule has 1 N–H and O–H groups in total. The van der Waals surface area contributed by atoms with Gasteiger partial charge in [-0.1, -0.05) is 20.3 Å². The second-order valence-corrected chi connectivity index (χ2v) is 10.9. The molecule has 1 unspecified atom stereocenters. The lowest BCUT2D eigenvalue weighted by atomic mass is 9.43. The third kappa shape index (κ3) is 2.81. The van der Waals surface area contributed by atoms with Crippen LogP contribution in [0.25, 0.3) is 0 Å². The Morgan fingerprint density at radius 2 is 1.73 bits per heavy atom. The van der Waals surface area contributed by atoms with Crippen molar-refractivity contribution in [1.82, 2.24) is 0 Å². The predicted octanol–water partition coefficient (Wildman–Crippen LogP) is 5.82. The van der Waals surface area contributed by atoms with E-state index in [0.29, 0.717) is 16.7 Å². The molecule has 4 fully saturated rings. The Kier molecular flexibility index (Phi) is 5.01. The first kappa shape index (κ1) is 19.2. The van der Waals surface area contributed by atoms with Crippen molar-refractivity contribution in [1.29, 1.82) is 0 Å². The number of rotatable bonds is 4. The van der Waals surface area contributed by atoms with Gasteiger partial charge in [0.05, 0.1) is 12.2 Å². The van der Waals surface area contributed by atoms with E-state index in [1.165, 1.54) is 51.4 Å². The summed E-state index contributed by atoms with van der Waals surface area (Å²) in [6.07, 6.45) is 13.1. The average molecular weight is 363 g/mol. The molecule has 150 valence electrons. The van der Waals surface area contributed by atoms with E-state index >= 15 is 0 Å². The van der Waals surface area contributed by atoms with Gasteiger partial charge < -0.3 is 9.84 Å². The standard InChI is InChI=1S/C24H42O2/c1-5-17-8-10-20-19-9-7-18-15-22(3,25)13-14-24(18,16-26-6-2)21(19)11-12-23(17,20)4/h17-21,25H,5-16H2,1-4H3/t17-,18-,19-,20-,21-,22?,23+,24+/m0/s1. The van der Waals surface area contributed by atoms with E-state index in [1.54, 1.807) is 0 Å². The number of hydrogen-bond acceptors (Lipinski definition) is 2. The van der Waals surface area contributed by atoms with Crippen LogP contribution in [0.3, 0.4) is 0 Å². The van der Waals surface area contributed by atoms with Crippen molar-refractivity contribution >= 4 is 0 Å². The van der Waals surface area contributed by atoms with Crippen molar-refractivity contribution in [3.05, 3.63) is 0 Å². The van der Waals surface area contributed by atoms with Gasteiger partial charge in [-0.15, -0.1) is 0 Å². The highest BCUT2D eigenvalue weighted by Crippen LogP contribution is 2.68. The van der Waals surface area contributed by atoms with E-state index in [0.717, 1.165) is 49.7 Å². The van der Waals surface area contributed by atoms with E-state index in [-0.39, 0.29) is 0 Å². The quantitative estimate of drug-likeness (QED) is 0.682. The topological polar surface area (TPSA) is 29.5 Å². The lowest BCUT2D eigenvalue weighted by Gasteiger charge is -2.62. The van der Waals surface area contributed by atoms with Gasteiger partial charge in [0.15, 0.2) is 0 Å². The Labute approximate surface area is 161 Å². The second-order valence-electron chi connectivity index (χ2n) is 10.9. The van der Waals surface area contributed by atoms with E-state index in [1.807, 2.05) is 0 Å². The summed E-state index contributed by atoms with van der Waals surface area (Å²) in [4.78, 5) is 0. The minimum atomic E-state index is -0.447. The fourth-order valence-electron chi connectivity index (χ4n) is 8.59. The van der Waals surface area contributed by atoms with Crippen LogP contribution in [0.4, 0.5) is 0 Å². The fraction of sp³-hybridized carbons (Fsp3) is 1.00. The molecule has 4 aliphatic rings. The summed E-state index contributed by atoms with van der Waals surface area (Å²) < 4.78 is 6.15. The molecule has 2 nitrogen and oxygen atoms in total. The lowest BCUT2D eigenvalue weighted by Crippen LogP contribution is -2.58. The summed E-state index contributed by atoms with van der Waals surface area (Å²) in [6.45, 7) is 11.1. The minimum Gasteiger partial charge on any atom is -0.390 e. The normalized spacial score (nSPS) is 53.7. The highest BCUT2D eigenvalue weighted by atomic mass is 16.5. The van der Waals surface area contributed by atoms with Crippen molar-refractivity contribution in [2.24, 2.45) is 40.4 Å². The van der Waals surface area contributed by atoms with Gasteiger partial charge in [0, 0.05) is 6.61 Å². The third-order valence-electron chi connectivity index (χ3n) is 9.92. The molecule has 0 aromatic rings. The highest BCUT2D eigenvalue weighted by molar-refractivity contribution is 5.11. The summed E-state index contributed by atoms with van der Waals surface area (Å²) in [5, 5.41) is 10.8. The van der Waals surface area contributed by atoms with E-state index < -0.39 is 5.60 Å². The van der Waals surface area contributed by atoms with Crippen molar-refractivity contribution in [2.75, 3.05) is 13.2 Å². The molecule has 0 heterocycles. The number of ether oxygens (including phenoxy) is 1. The molecule has 0 radical (unpaired) electrons. The van der Waals surface area contributed by atoms with E-state index in [2.05, 4.69) is 27.7 Å². The highest BCUT2D eigenvalue weighted by Gasteiger charge is 2.62. The summed E-state index contributed by atoms with van der Waals surface area (Å²) in [6, 6.07) is 0. The van der Waals surface area contributed by atoms with Gasteiger partial charge in [0.1, 0.15) is 0 Å².